The highest BCUT2D eigenvalue weighted by Gasteiger charge is 2.26. The third-order valence-electron chi connectivity index (χ3n) is 4.37. The van der Waals surface area contributed by atoms with Crippen LogP contribution in [0.4, 0.5) is 0 Å². The van der Waals surface area contributed by atoms with E-state index < -0.39 is 5.91 Å². The molecule has 0 spiro atoms. The minimum absolute atomic E-state index is 0.0500. The fourth-order valence-corrected chi connectivity index (χ4v) is 2.93. The highest BCUT2D eigenvalue weighted by Crippen LogP contribution is 2.23. The first kappa shape index (κ1) is 15.5. The predicted octanol–water partition coefficient (Wildman–Crippen LogP) is 1.39. The zero-order chi connectivity index (χ0) is 15.4. The van der Waals surface area contributed by atoms with Crippen molar-refractivity contribution in [3.63, 3.8) is 0 Å². The summed E-state index contributed by atoms with van der Waals surface area (Å²) in [5.41, 5.74) is 6.15. The number of rotatable bonds is 4. The van der Waals surface area contributed by atoms with E-state index >= 15 is 0 Å². The van der Waals surface area contributed by atoms with E-state index in [-0.39, 0.29) is 11.9 Å². The molecule has 1 saturated carbocycles. The van der Waals surface area contributed by atoms with Crippen LogP contribution in [0.3, 0.4) is 0 Å². The molecule has 5 nitrogen and oxygen atoms in total. The second kappa shape index (κ2) is 6.72. The Hall–Kier alpha value is -1.88. The molecule has 0 saturated heterocycles. The Morgan fingerprint density at radius 1 is 1.19 bits per heavy atom. The summed E-state index contributed by atoms with van der Waals surface area (Å²) in [6.45, 7) is 0. The number of carbonyl (C=O) groups is 2. The van der Waals surface area contributed by atoms with Gasteiger partial charge in [0.25, 0.3) is 5.91 Å². The standard InChI is InChI=1S/C16H23N3O2/c1-18-13-6-8-14(9-7-13)19(2)16(21)12-5-3-4-11(10-12)15(17)20/h3-5,10,13-14,18H,6-9H2,1-2H3,(H2,17,20). The smallest absolute Gasteiger partial charge is 0.253 e. The van der Waals surface area contributed by atoms with Gasteiger partial charge in [0.05, 0.1) is 0 Å². The highest BCUT2D eigenvalue weighted by atomic mass is 16.2. The molecule has 0 bridgehead atoms. The zero-order valence-corrected chi connectivity index (χ0v) is 12.6. The molecule has 0 atom stereocenters. The molecule has 2 rings (SSSR count). The molecule has 2 amide bonds. The molecule has 0 unspecified atom stereocenters. The topological polar surface area (TPSA) is 75.4 Å². The van der Waals surface area contributed by atoms with Crippen molar-refractivity contribution in [1.82, 2.24) is 10.2 Å². The van der Waals surface area contributed by atoms with E-state index in [0.717, 1.165) is 25.7 Å². The molecular formula is C16H23N3O2. The van der Waals surface area contributed by atoms with E-state index in [0.29, 0.717) is 17.2 Å². The summed E-state index contributed by atoms with van der Waals surface area (Å²) >= 11 is 0. The first-order chi connectivity index (χ1) is 10.0. The largest absolute Gasteiger partial charge is 0.366 e. The number of nitrogens with one attached hydrogen (secondary N) is 1. The Morgan fingerprint density at radius 3 is 2.38 bits per heavy atom. The molecule has 114 valence electrons. The zero-order valence-electron chi connectivity index (χ0n) is 12.6. The molecule has 0 aromatic heterocycles. The third-order valence-corrected chi connectivity index (χ3v) is 4.37. The van der Waals surface area contributed by atoms with Crippen LogP contribution in [0.2, 0.25) is 0 Å². The van der Waals surface area contributed by atoms with Gasteiger partial charge in [-0.05, 0) is 50.9 Å². The van der Waals surface area contributed by atoms with Crippen molar-refractivity contribution >= 4 is 11.8 Å². The van der Waals surface area contributed by atoms with Crippen molar-refractivity contribution in [3.8, 4) is 0 Å². The van der Waals surface area contributed by atoms with Gasteiger partial charge in [-0.15, -0.1) is 0 Å². The Labute approximate surface area is 125 Å². The average molecular weight is 289 g/mol. The van der Waals surface area contributed by atoms with Crippen LogP contribution in [-0.4, -0.2) is 42.9 Å². The monoisotopic (exact) mass is 289 g/mol. The third kappa shape index (κ3) is 3.61. The summed E-state index contributed by atoms with van der Waals surface area (Å²) < 4.78 is 0. The lowest BCUT2D eigenvalue weighted by Gasteiger charge is -2.34. The lowest BCUT2D eigenvalue weighted by molar-refractivity contribution is 0.0685. The van der Waals surface area contributed by atoms with Gasteiger partial charge >= 0.3 is 0 Å². The van der Waals surface area contributed by atoms with Crippen LogP contribution in [0.15, 0.2) is 24.3 Å². The van der Waals surface area contributed by atoms with Crippen LogP contribution in [0, 0.1) is 0 Å². The quantitative estimate of drug-likeness (QED) is 0.879. The summed E-state index contributed by atoms with van der Waals surface area (Å²) in [6.07, 6.45) is 4.17. The molecule has 1 aliphatic rings. The van der Waals surface area contributed by atoms with Crippen molar-refractivity contribution in [1.29, 1.82) is 0 Å². The van der Waals surface area contributed by atoms with Crippen LogP contribution in [-0.2, 0) is 0 Å². The molecule has 1 fully saturated rings. The number of benzene rings is 1. The van der Waals surface area contributed by atoms with Crippen LogP contribution in [0.25, 0.3) is 0 Å². The van der Waals surface area contributed by atoms with Crippen LogP contribution < -0.4 is 11.1 Å². The second-order valence-electron chi connectivity index (χ2n) is 5.66. The van der Waals surface area contributed by atoms with Crippen LogP contribution in [0.1, 0.15) is 46.4 Å². The molecule has 0 radical (unpaired) electrons. The van der Waals surface area contributed by atoms with Gasteiger partial charge in [-0.25, -0.2) is 0 Å². The van der Waals surface area contributed by atoms with Crippen LogP contribution in [0.5, 0.6) is 0 Å². The number of hydrogen-bond donors (Lipinski definition) is 2. The number of hydrogen-bond acceptors (Lipinski definition) is 3. The van der Waals surface area contributed by atoms with Crippen LogP contribution >= 0.6 is 0 Å². The van der Waals surface area contributed by atoms with Crippen molar-refractivity contribution < 1.29 is 9.59 Å². The number of nitrogens with zero attached hydrogens (tertiary/aromatic N) is 1. The van der Waals surface area contributed by atoms with Gasteiger partial charge in [0, 0.05) is 30.3 Å². The van der Waals surface area contributed by atoms with E-state index in [2.05, 4.69) is 5.32 Å². The van der Waals surface area contributed by atoms with Gasteiger partial charge in [0.1, 0.15) is 0 Å². The van der Waals surface area contributed by atoms with E-state index in [4.69, 9.17) is 5.73 Å². The van der Waals surface area contributed by atoms with E-state index in [1.54, 1.807) is 29.2 Å². The number of primary amides is 1. The predicted molar refractivity (Wildman–Crippen MR) is 82.2 cm³/mol. The minimum atomic E-state index is -0.512. The van der Waals surface area contributed by atoms with Gasteiger partial charge in [-0.1, -0.05) is 6.07 Å². The summed E-state index contributed by atoms with van der Waals surface area (Å²) in [4.78, 5) is 25.5. The first-order valence-electron chi connectivity index (χ1n) is 7.37. The molecule has 21 heavy (non-hydrogen) atoms. The number of amides is 2. The van der Waals surface area contributed by atoms with Gasteiger partial charge in [0.2, 0.25) is 5.91 Å². The molecule has 1 aromatic carbocycles. The van der Waals surface area contributed by atoms with Gasteiger partial charge in [-0.3, -0.25) is 9.59 Å². The van der Waals surface area contributed by atoms with E-state index in [9.17, 15) is 9.59 Å². The Morgan fingerprint density at radius 2 is 1.81 bits per heavy atom. The fourth-order valence-electron chi connectivity index (χ4n) is 2.93. The lowest BCUT2D eigenvalue weighted by atomic mass is 9.90. The van der Waals surface area contributed by atoms with Gasteiger partial charge < -0.3 is 16.0 Å². The summed E-state index contributed by atoms with van der Waals surface area (Å²) in [5, 5.41) is 3.29. The number of carbonyl (C=O) groups excluding carboxylic acids is 2. The van der Waals surface area contributed by atoms with Crippen molar-refractivity contribution in [2.75, 3.05) is 14.1 Å². The maximum atomic E-state index is 12.5. The number of nitrogens with two attached hydrogens (primary N) is 1. The summed E-state index contributed by atoms with van der Waals surface area (Å²) in [5.74, 6) is -0.562. The average Bonchev–Trinajstić information content (AvgIpc) is 2.53. The van der Waals surface area contributed by atoms with Crippen molar-refractivity contribution in [3.05, 3.63) is 35.4 Å². The molecule has 1 aromatic rings. The van der Waals surface area contributed by atoms with Crippen molar-refractivity contribution in [2.45, 2.75) is 37.8 Å². The van der Waals surface area contributed by atoms with E-state index in [1.807, 2.05) is 14.1 Å². The molecule has 0 heterocycles. The minimum Gasteiger partial charge on any atom is -0.366 e. The molecule has 1 aliphatic carbocycles. The normalized spacial score (nSPS) is 21.8. The first-order valence-corrected chi connectivity index (χ1v) is 7.37. The fraction of sp³-hybridized carbons (Fsp3) is 0.500. The SMILES string of the molecule is CNC1CCC(N(C)C(=O)c2cccc(C(N)=O)c2)CC1. The van der Waals surface area contributed by atoms with Crippen molar-refractivity contribution in [2.24, 2.45) is 5.73 Å². The Bertz CT molecular complexity index is 522. The highest BCUT2D eigenvalue weighted by molar-refractivity contribution is 5.99. The van der Waals surface area contributed by atoms with E-state index in [1.165, 1.54) is 0 Å². The summed E-state index contributed by atoms with van der Waals surface area (Å²) in [7, 11) is 3.82. The van der Waals surface area contributed by atoms with Gasteiger partial charge in [-0.2, -0.15) is 0 Å². The molecule has 0 aliphatic heterocycles. The lowest BCUT2D eigenvalue weighted by Crippen LogP contribution is -2.42. The Balaban J connectivity index is 2.06. The second-order valence-corrected chi connectivity index (χ2v) is 5.66. The maximum absolute atomic E-state index is 12.5. The summed E-state index contributed by atoms with van der Waals surface area (Å²) in [6, 6.07) is 7.43. The Kier molecular flexibility index (Phi) is 4.96. The molecule has 5 heteroatoms. The molecular weight excluding hydrogens is 266 g/mol. The maximum Gasteiger partial charge on any atom is 0.253 e. The van der Waals surface area contributed by atoms with Gasteiger partial charge in [0.15, 0.2) is 0 Å². The molecule has 3 N–H and O–H groups in total.